The van der Waals surface area contributed by atoms with E-state index in [1.807, 2.05) is 0 Å². The van der Waals surface area contributed by atoms with E-state index in [2.05, 4.69) is 15.1 Å². The minimum absolute atomic E-state index is 0.115. The van der Waals surface area contributed by atoms with Crippen LogP contribution in [0.25, 0.3) is 11.4 Å². The highest BCUT2D eigenvalue weighted by atomic mass is 35.5. The molecule has 0 fully saturated rings. The maximum Gasteiger partial charge on any atom is 0.341 e. The molecule has 2 heterocycles. The van der Waals surface area contributed by atoms with Gasteiger partial charge >= 0.3 is 5.97 Å². The Morgan fingerprint density at radius 3 is 2.84 bits per heavy atom. The molecule has 19 heavy (non-hydrogen) atoms. The number of hydrogen-bond donors (Lipinski definition) is 0. The molecule has 0 bridgehead atoms. The van der Waals surface area contributed by atoms with Crippen molar-refractivity contribution in [3.63, 3.8) is 0 Å². The van der Waals surface area contributed by atoms with Crippen LogP contribution >= 0.6 is 11.6 Å². The van der Waals surface area contributed by atoms with Gasteiger partial charge in [0.2, 0.25) is 0 Å². The smallest absolute Gasteiger partial charge is 0.341 e. The lowest BCUT2D eigenvalue weighted by Gasteiger charge is -2.06. The average molecular weight is 281 g/mol. The molecule has 0 radical (unpaired) electrons. The first-order valence-corrected chi connectivity index (χ1v) is 6.27. The van der Waals surface area contributed by atoms with Gasteiger partial charge < -0.3 is 4.74 Å². The van der Waals surface area contributed by atoms with E-state index in [9.17, 15) is 4.79 Å². The van der Waals surface area contributed by atoms with E-state index in [0.29, 0.717) is 23.7 Å². The van der Waals surface area contributed by atoms with Gasteiger partial charge in [-0.3, -0.25) is 4.68 Å². The fourth-order valence-electron chi connectivity index (χ4n) is 1.57. The summed E-state index contributed by atoms with van der Waals surface area (Å²) in [5.41, 5.74) is 1.52. The number of hydrogen-bond acceptors (Lipinski definition) is 5. The lowest BCUT2D eigenvalue weighted by molar-refractivity contribution is 0.0524. The van der Waals surface area contributed by atoms with Crippen LogP contribution in [0.5, 0.6) is 0 Å². The Bertz CT molecular complexity index is 597. The molecule has 7 heteroatoms. The van der Waals surface area contributed by atoms with Crippen LogP contribution in [-0.4, -0.2) is 32.3 Å². The number of halogens is 1. The van der Waals surface area contributed by atoms with E-state index in [1.165, 1.54) is 6.20 Å². The van der Waals surface area contributed by atoms with Crippen LogP contribution in [-0.2, 0) is 17.7 Å². The maximum absolute atomic E-state index is 11.7. The Labute approximate surface area is 115 Å². The minimum Gasteiger partial charge on any atom is -0.462 e. The van der Waals surface area contributed by atoms with Gasteiger partial charge in [-0.15, -0.1) is 11.6 Å². The van der Waals surface area contributed by atoms with Crippen LogP contribution < -0.4 is 0 Å². The number of esters is 1. The van der Waals surface area contributed by atoms with Crippen molar-refractivity contribution in [3.05, 3.63) is 29.8 Å². The molecule has 0 unspecified atom stereocenters. The van der Waals surface area contributed by atoms with Gasteiger partial charge in [0.05, 0.1) is 29.9 Å². The van der Waals surface area contributed by atoms with Crippen molar-refractivity contribution in [2.24, 2.45) is 7.05 Å². The standard InChI is InChI=1S/C12H13ClN4O2/c1-3-19-12(18)9-6-14-11(16-10(9)4-13)8-5-15-17(2)7-8/h5-7H,3-4H2,1-2H3. The van der Waals surface area contributed by atoms with Crippen molar-refractivity contribution < 1.29 is 9.53 Å². The summed E-state index contributed by atoms with van der Waals surface area (Å²) in [6, 6.07) is 0. The number of aromatic nitrogens is 4. The zero-order valence-electron chi connectivity index (χ0n) is 10.6. The molecule has 0 aliphatic heterocycles. The van der Waals surface area contributed by atoms with Crippen LogP contribution in [0.2, 0.25) is 0 Å². The van der Waals surface area contributed by atoms with Crippen LogP contribution in [0, 0.1) is 0 Å². The fourth-order valence-corrected chi connectivity index (χ4v) is 1.78. The molecule has 0 saturated carbocycles. The molecule has 0 amide bonds. The second-order valence-corrected chi connectivity index (χ2v) is 4.08. The number of rotatable bonds is 4. The van der Waals surface area contributed by atoms with E-state index in [4.69, 9.17) is 16.3 Å². The van der Waals surface area contributed by atoms with Crippen LogP contribution in [0.4, 0.5) is 0 Å². The van der Waals surface area contributed by atoms with E-state index < -0.39 is 5.97 Å². The third kappa shape index (κ3) is 2.90. The molecule has 2 aromatic rings. The Kier molecular flexibility index (Phi) is 4.11. The number of carbonyl (C=O) groups is 1. The van der Waals surface area contributed by atoms with Crippen molar-refractivity contribution in [2.75, 3.05) is 6.61 Å². The van der Waals surface area contributed by atoms with Gasteiger partial charge in [0, 0.05) is 19.4 Å². The molecule has 6 nitrogen and oxygen atoms in total. The molecule has 0 aliphatic rings. The Hall–Kier alpha value is -1.95. The van der Waals surface area contributed by atoms with Crippen molar-refractivity contribution in [1.82, 2.24) is 19.7 Å². The van der Waals surface area contributed by atoms with Crippen LogP contribution in [0.3, 0.4) is 0 Å². The first-order chi connectivity index (χ1) is 9.15. The molecular weight excluding hydrogens is 268 g/mol. The molecule has 0 saturated heterocycles. The summed E-state index contributed by atoms with van der Waals surface area (Å²) in [5.74, 6) is 0.136. The van der Waals surface area contributed by atoms with Gasteiger partial charge in [-0.2, -0.15) is 5.10 Å². The maximum atomic E-state index is 11.7. The third-order valence-corrected chi connectivity index (χ3v) is 2.71. The Balaban J connectivity index is 2.38. The SMILES string of the molecule is CCOC(=O)c1cnc(-c2cnn(C)c2)nc1CCl. The van der Waals surface area contributed by atoms with Crippen LogP contribution in [0.15, 0.2) is 18.6 Å². The first kappa shape index (κ1) is 13.5. The van der Waals surface area contributed by atoms with E-state index in [-0.39, 0.29) is 5.88 Å². The molecule has 2 aromatic heterocycles. The molecule has 0 spiro atoms. The number of aryl methyl sites for hydroxylation is 1. The number of carbonyl (C=O) groups excluding carboxylic acids is 1. The molecular formula is C12H13ClN4O2. The van der Waals surface area contributed by atoms with Crippen molar-refractivity contribution >= 4 is 17.6 Å². The minimum atomic E-state index is -0.462. The Morgan fingerprint density at radius 2 is 2.26 bits per heavy atom. The quantitative estimate of drug-likeness (QED) is 0.631. The topological polar surface area (TPSA) is 69.9 Å². The summed E-state index contributed by atoms with van der Waals surface area (Å²) in [7, 11) is 1.80. The van der Waals surface area contributed by atoms with E-state index in [0.717, 1.165) is 5.56 Å². The summed E-state index contributed by atoms with van der Waals surface area (Å²) in [5, 5.41) is 4.05. The normalized spacial score (nSPS) is 10.5. The Morgan fingerprint density at radius 1 is 1.47 bits per heavy atom. The third-order valence-electron chi connectivity index (χ3n) is 2.45. The van der Waals surface area contributed by atoms with Gasteiger partial charge in [-0.05, 0) is 6.92 Å². The summed E-state index contributed by atoms with van der Waals surface area (Å²) in [6.45, 7) is 2.04. The highest BCUT2D eigenvalue weighted by Crippen LogP contribution is 2.17. The second-order valence-electron chi connectivity index (χ2n) is 3.81. The molecule has 2 rings (SSSR count). The zero-order valence-corrected chi connectivity index (χ0v) is 11.4. The molecule has 100 valence electrons. The van der Waals surface area contributed by atoms with Crippen molar-refractivity contribution in [1.29, 1.82) is 0 Å². The first-order valence-electron chi connectivity index (χ1n) is 5.73. The van der Waals surface area contributed by atoms with Gasteiger partial charge in [-0.1, -0.05) is 0 Å². The predicted octanol–water partition coefficient (Wildman–Crippen LogP) is 1.79. The van der Waals surface area contributed by atoms with E-state index in [1.54, 1.807) is 31.0 Å². The highest BCUT2D eigenvalue weighted by molar-refractivity contribution is 6.17. The number of ether oxygens (including phenoxy) is 1. The second kappa shape index (κ2) is 5.79. The highest BCUT2D eigenvalue weighted by Gasteiger charge is 2.16. The summed E-state index contributed by atoms with van der Waals surface area (Å²) < 4.78 is 6.58. The van der Waals surface area contributed by atoms with Gasteiger partial charge in [0.25, 0.3) is 0 Å². The summed E-state index contributed by atoms with van der Waals surface area (Å²) in [6.07, 6.45) is 4.87. The van der Waals surface area contributed by atoms with E-state index >= 15 is 0 Å². The molecule has 0 aliphatic carbocycles. The largest absolute Gasteiger partial charge is 0.462 e. The molecule has 0 N–H and O–H groups in total. The van der Waals surface area contributed by atoms with Crippen molar-refractivity contribution in [3.8, 4) is 11.4 Å². The van der Waals surface area contributed by atoms with Gasteiger partial charge in [0.15, 0.2) is 5.82 Å². The van der Waals surface area contributed by atoms with Crippen LogP contribution in [0.1, 0.15) is 23.0 Å². The van der Waals surface area contributed by atoms with Crippen molar-refractivity contribution in [2.45, 2.75) is 12.8 Å². The fraction of sp³-hybridized carbons (Fsp3) is 0.333. The number of nitrogens with zero attached hydrogens (tertiary/aromatic N) is 4. The monoisotopic (exact) mass is 280 g/mol. The lowest BCUT2D eigenvalue weighted by atomic mass is 10.2. The van der Waals surface area contributed by atoms with Gasteiger partial charge in [-0.25, -0.2) is 14.8 Å². The predicted molar refractivity (Wildman–Crippen MR) is 69.7 cm³/mol. The zero-order chi connectivity index (χ0) is 13.8. The molecule has 0 atom stereocenters. The summed E-state index contributed by atoms with van der Waals surface area (Å²) >= 11 is 5.82. The van der Waals surface area contributed by atoms with Gasteiger partial charge in [0.1, 0.15) is 5.56 Å². The molecule has 0 aromatic carbocycles. The number of alkyl halides is 1. The average Bonchev–Trinajstić information content (AvgIpc) is 2.85. The summed E-state index contributed by atoms with van der Waals surface area (Å²) in [4.78, 5) is 20.1. The lowest BCUT2D eigenvalue weighted by Crippen LogP contribution is -2.10.